The first-order valence-corrected chi connectivity index (χ1v) is 5.84. The van der Waals surface area contributed by atoms with E-state index in [2.05, 4.69) is 16.6 Å². The fourth-order valence-corrected chi connectivity index (χ4v) is 1.39. The molecule has 0 aliphatic heterocycles. The minimum atomic E-state index is -0.169. The topological polar surface area (TPSA) is 22.1 Å². The zero-order chi connectivity index (χ0) is 9.90. The Bertz CT molecular complexity index is 266. The zero-order valence-electron chi connectivity index (χ0n) is 7.94. The van der Waals surface area contributed by atoms with Gasteiger partial charge in [0.2, 0.25) is 0 Å². The molecule has 1 heterocycles. The molecule has 0 radical (unpaired) electrons. The molecule has 1 rings (SSSR count). The summed E-state index contributed by atoms with van der Waals surface area (Å²) in [5.74, 6) is 0.790. The Morgan fingerprint density at radius 3 is 2.46 bits per heavy atom. The first kappa shape index (κ1) is 10.7. The van der Waals surface area contributed by atoms with E-state index in [0.29, 0.717) is 0 Å². The molecule has 13 heavy (non-hydrogen) atoms. The second kappa shape index (κ2) is 4.24. The summed E-state index contributed by atoms with van der Waals surface area (Å²) in [6, 6.07) is 3.79. The van der Waals surface area contributed by atoms with Gasteiger partial charge in [0.05, 0.1) is 6.20 Å². The number of hydrogen-bond acceptors (Lipinski definition) is 4. The Morgan fingerprint density at radius 2 is 2.08 bits per heavy atom. The molecule has 0 saturated carbocycles. The van der Waals surface area contributed by atoms with Crippen LogP contribution < -0.4 is 4.74 Å². The molecule has 0 aliphatic carbocycles. The highest BCUT2D eigenvalue weighted by molar-refractivity contribution is 8.68. The molecule has 2 nitrogen and oxygen atoms in total. The molecule has 1 aromatic rings. The molecular weight excluding hydrogens is 202 g/mol. The SMILES string of the molecule is CC(C)(C)Oc1ccc(SS)nc1. The average molecular weight is 215 g/mol. The molecule has 0 aromatic carbocycles. The molecule has 0 spiro atoms. The van der Waals surface area contributed by atoms with Crippen LogP contribution in [-0.4, -0.2) is 10.6 Å². The number of pyridine rings is 1. The standard InChI is InChI=1S/C9H13NOS2/c1-9(2,3)11-7-4-5-8(13-12)10-6-7/h4-6,12H,1-3H3. The number of aromatic nitrogens is 1. The van der Waals surface area contributed by atoms with Crippen molar-refractivity contribution in [1.82, 2.24) is 4.98 Å². The monoisotopic (exact) mass is 215 g/mol. The van der Waals surface area contributed by atoms with Crippen molar-refractivity contribution in [2.24, 2.45) is 0 Å². The molecule has 0 aliphatic rings. The van der Waals surface area contributed by atoms with Gasteiger partial charge in [-0.3, -0.25) is 0 Å². The van der Waals surface area contributed by atoms with Gasteiger partial charge < -0.3 is 4.74 Å². The summed E-state index contributed by atoms with van der Waals surface area (Å²) in [6.45, 7) is 6.02. The fraction of sp³-hybridized carbons (Fsp3) is 0.444. The molecule has 4 heteroatoms. The molecule has 1 aromatic heterocycles. The van der Waals surface area contributed by atoms with Crippen molar-refractivity contribution in [2.75, 3.05) is 0 Å². The number of rotatable bonds is 2. The number of nitrogens with zero attached hydrogens (tertiary/aromatic N) is 1. The van der Waals surface area contributed by atoms with Crippen molar-refractivity contribution >= 4 is 22.5 Å². The van der Waals surface area contributed by atoms with E-state index < -0.39 is 0 Å². The lowest BCUT2D eigenvalue weighted by Crippen LogP contribution is -2.22. The normalized spacial score (nSPS) is 11.4. The lowest BCUT2D eigenvalue weighted by atomic mass is 10.2. The second-order valence-corrected chi connectivity index (χ2v) is 4.79. The third-order valence-electron chi connectivity index (χ3n) is 1.23. The quantitative estimate of drug-likeness (QED) is 0.605. The van der Waals surface area contributed by atoms with E-state index in [1.54, 1.807) is 6.20 Å². The maximum atomic E-state index is 5.60. The summed E-state index contributed by atoms with van der Waals surface area (Å²) in [5.41, 5.74) is -0.169. The van der Waals surface area contributed by atoms with Crippen molar-refractivity contribution in [3.8, 4) is 5.75 Å². The van der Waals surface area contributed by atoms with Crippen LogP contribution in [0.2, 0.25) is 0 Å². The van der Waals surface area contributed by atoms with E-state index in [-0.39, 0.29) is 5.60 Å². The van der Waals surface area contributed by atoms with Crippen LogP contribution in [0.25, 0.3) is 0 Å². The second-order valence-electron chi connectivity index (χ2n) is 3.64. The van der Waals surface area contributed by atoms with E-state index in [0.717, 1.165) is 10.8 Å². The third kappa shape index (κ3) is 3.91. The van der Waals surface area contributed by atoms with E-state index >= 15 is 0 Å². The maximum absolute atomic E-state index is 5.60. The Balaban J connectivity index is 2.70. The Labute approximate surface area is 87.9 Å². The van der Waals surface area contributed by atoms with Crippen molar-refractivity contribution in [3.63, 3.8) is 0 Å². The predicted octanol–water partition coefficient (Wildman–Crippen LogP) is 3.20. The number of thiol groups is 1. The Hall–Kier alpha value is -0.350. The molecule has 0 saturated heterocycles. The van der Waals surface area contributed by atoms with Gasteiger partial charge in [-0.2, -0.15) is 0 Å². The lowest BCUT2D eigenvalue weighted by molar-refractivity contribution is 0.130. The van der Waals surface area contributed by atoms with Gasteiger partial charge in [0.25, 0.3) is 0 Å². The van der Waals surface area contributed by atoms with Gasteiger partial charge in [0, 0.05) is 0 Å². The highest BCUT2D eigenvalue weighted by atomic mass is 33.1. The van der Waals surface area contributed by atoms with Gasteiger partial charge in [-0.15, -0.1) is 11.7 Å². The summed E-state index contributed by atoms with van der Waals surface area (Å²) < 4.78 is 5.60. The molecule has 0 atom stereocenters. The van der Waals surface area contributed by atoms with Crippen LogP contribution in [0.1, 0.15) is 20.8 Å². The van der Waals surface area contributed by atoms with Crippen LogP contribution in [-0.2, 0) is 0 Å². The van der Waals surface area contributed by atoms with E-state index in [4.69, 9.17) is 4.74 Å². The van der Waals surface area contributed by atoms with Gasteiger partial charge >= 0.3 is 0 Å². The van der Waals surface area contributed by atoms with Gasteiger partial charge in [0.1, 0.15) is 16.4 Å². The Kier molecular flexibility index (Phi) is 3.50. The van der Waals surface area contributed by atoms with Crippen molar-refractivity contribution in [3.05, 3.63) is 18.3 Å². The van der Waals surface area contributed by atoms with Crippen LogP contribution in [0.5, 0.6) is 5.75 Å². The first-order chi connectivity index (χ1) is 6.01. The van der Waals surface area contributed by atoms with Crippen LogP contribution in [0.3, 0.4) is 0 Å². The zero-order valence-corrected chi connectivity index (χ0v) is 9.65. The molecule has 72 valence electrons. The summed E-state index contributed by atoms with van der Waals surface area (Å²) >= 11 is 4.04. The summed E-state index contributed by atoms with van der Waals surface area (Å²) in [4.78, 5) is 4.14. The predicted molar refractivity (Wildman–Crippen MR) is 59.5 cm³/mol. The van der Waals surface area contributed by atoms with Crippen molar-refractivity contribution in [2.45, 2.75) is 31.4 Å². The minimum Gasteiger partial charge on any atom is -0.487 e. The molecular formula is C9H13NOS2. The third-order valence-corrected chi connectivity index (χ3v) is 2.22. The van der Waals surface area contributed by atoms with Gasteiger partial charge in [0.15, 0.2) is 0 Å². The lowest BCUT2D eigenvalue weighted by Gasteiger charge is -2.20. The first-order valence-electron chi connectivity index (χ1n) is 3.98. The van der Waals surface area contributed by atoms with Crippen LogP contribution >= 0.6 is 22.5 Å². The smallest absolute Gasteiger partial charge is 0.138 e. The summed E-state index contributed by atoms with van der Waals surface area (Å²) in [6.07, 6.45) is 1.71. The van der Waals surface area contributed by atoms with E-state index in [9.17, 15) is 0 Å². The fourth-order valence-electron chi connectivity index (χ4n) is 0.835. The molecule has 0 bridgehead atoms. The van der Waals surface area contributed by atoms with Gasteiger partial charge in [-0.25, -0.2) is 4.98 Å². The van der Waals surface area contributed by atoms with Crippen molar-refractivity contribution in [1.29, 1.82) is 0 Å². The average Bonchev–Trinajstić information content (AvgIpc) is 2.03. The molecule has 0 amide bonds. The van der Waals surface area contributed by atoms with E-state index in [1.165, 1.54) is 10.8 Å². The summed E-state index contributed by atoms with van der Waals surface area (Å²) in [5, 5.41) is 0.879. The molecule has 0 unspecified atom stereocenters. The van der Waals surface area contributed by atoms with Gasteiger partial charge in [-0.05, 0) is 43.7 Å². The minimum absolute atomic E-state index is 0.169. The molecule has 0 N–H and O–H groups in total. The van der Waals surface area contributed by atoms with Crippen molar-refractivity contribution < 1.29 is 4.74 Å². The Morgan fingerprint density at radius 1 is 1.38 bits per heavy atom. The number of hydrogen-bond donors (Lipinski definition) is 1. The highest BCUT2D eigenvalue weighted by Crippen LogP contribution is 2.22. The highest BCUT2D eigenvalue weighted by Gasteiger charge is 2.11. The number of ether oxygens (including phenoxy) is 1. The molecule has 0 fully saturated rings. The van der Waals surface area contributed by atoms with Crippen LogP contribution in [0.4, 0.5) is 0 Å². The van der Waals surface area contributed by atoms with Gasteiger partial charge in [-0.1, -0.05) is 0 Å². The van der Waals surface area contributed by atoms with Crippen LogP contribution in [0, 0.1) is 0 Å². The van der Waals surface area contributed by atoms with Crippen LogP contribution in [0.15, 0.2) is 23.4 Å². The maximum Gasteiger partial charge on any atom is 0.138 e. The largest absolute Gasteiger partial charge is 0.487 e. The van der Waals surface area contributed by atoms with E-state index in [1.807, 2.05) is 32.9 Å². The summed E-state index contributed by atoms with van der Waals surface area (Å²) in [7, 11) is 1.32.